The van der Waals surface area contributed by atoms with Gasteiger partial charge >= 0.3 is 0 Å². The van der Waals surface area contributed by atoms with Gasteiger partial charge in [0, 0.05) is 18.3 Å². The fourth-order valence-electron chi connectivity index (χ4n) is 1.86. The number of hydrogen-bond donors (Lipinski definition) is 2. The average Bonchev–Trinajstić information content (AvgIpc) is 2.46. The summed E-state index contributed by atoms with van der Waals surface area (Å²) in [5.41, 5.74) is 2.38. The van der Waals surface area contributed by atoms with Crippen LogP contribution in [0.2, 0.25) is 0 Å². The molecule has 0 aliphatic rings. The van der Waals surface area contributed by atoms with E-state index in [-0.39, 0.29) is 0 Å². The van der Waals surface area contributed by atoms with Crippen LogP contribution in [0.4, 0.5) is 17.3 Å². The Kier molecular flexibility index (Phi) is 4.72. The van der Waals surface area contributed by atoms with Crippen molar-refractivity contribution in [3.63, 3.8) is 0 Å². The predicted molar refractivity (Wildman–Crippen MR) is 79.9 cm³/mol. The summed E-state index contributed by atoms with van der Waals surface area (Å²) in [5.74, 6) is 1.67. The Morgan fingerprint density at radius 3 is 2.63 bits per heavy atom. The van der Waals surface area contributed by atoms with Crippen LogP contribution in [0.25, 0.3) is 0 Å². The van der Waals surface area contributed by atoms with Gasteiger partial charge in [-0.2, -0.15) is 0 Å². The zero-order chi connectivity index (χ0) is 13.5. The fraction of sp³-hybridized carbons (Fsp3) is 0.333. The van der Waals surface area contributed by atoms with Crippen LogP contribution in [0.15, 0.2) is 36.7 Å². The van der Waals surface area contributed by atoms with Gasteiger partial charge in [-0.3, -0.25) is 0 Å². The van der Waals surface area contributed by atoms with Crippen molar-refractivity contribution in [1.29, 1.82) is 0 Å². The molecule has 0 aliphatic carbocycles. The molecule has 0 spiro atoms. The third-order valence-corrected chi connectivity index (χ3v) is 2.88. The molecule has 19 heavy (non-hydrogen) atoms. The van der Waals surface area contributed by atoms with Crippen LogP contribution in [0.1, 0.15) is 25.8 Å². The quantitative estimate of drug-likeness (QED) is 0.829. The number of nitrogens with zero attached hydrogens (tertiary/aromatic N) is 2. The van der Waals surface area contributed by atoms with Crippen molar-refractivity contribution in [2.45, 2.75) is 26.7 Å². The molecule has 4 heteroatoms. The second-order valence-electron chi connectivity index (χ2n) is 4.35. The Morgan fingerprint density at radius 1 is 1.05 bits per heavy atom. The molecule has 2 N–H and O–H groups in total. The molecule has 0 amide bonds. The molecule has 1 aromatic carbocycles. The second-order valence-corrected chi connectivity index (χ2v) is 4.35. The maximum absolute atomic E-state index is 4.26. The SMILES string of the molecule is CCCNc1cc(Nc2ccccc2CC)ncn1. The summed E-state index contributed by atoms with van der Waals surface area (Å²) in [7, 11) is 0. The van der Waals surface area contributed by atoms with Gasteiger partial charge in [0.25, 0.3) is 0 Å². The molecule has 0 saturated heterocycles. The molecule has 0 bridgehead atoms. The maximum atomic E-state index is 4.26. The highest BCUT2D eigenvalue weighted by Crippen LogP contribution is 2.20. The first-order valence-corrected chi connectivity index (χ1v) is 6.74. The largest absolute Gasteiger partial charge is 0.370 e. The molecule has 1 aromatic heterocycles. The van der Waals surface area contributed by atoms with Crippen molar-refractivity contribution < 1.29 is 0 Å². The number of rotatable bonds is 6. The van der Waals surface area contributed by atoms with Crippen LogP contribution >= 0.6 is 0 Å². The van der Waals surface area contributed by atoms with E-state index in [0.717, 1.165) is 36.7 Å². The lowest BCUT2D eigenvalue weighted by atomic mass is 10.1. The molecule has 0 radical (unpaired) electrons. The van der Waals surface area contributed by atoms with Gasteiger partial charge in [-0.05, 0) is 24.5 Å². The Hall–Kier alpha value is -2.10. The molecule has 1 heterocycles. The third kappa shape index (κ3) is 3.68. The molecule has 0 aliphatic heterocycles. The smallest absolute Gasteiger partial charge is 0.135 e. The first-order valence-electron chi connectivity index (χ1n) is 6.74. The van der Waals surface area contributed by atoms with Crippen molar-refractivity contribution in [2.75, 3.05) is 17.2 Å². The number of para-hydroxylation sites is 1. The maximum Gasteiger partial charge on any atom is 0.135 e. The lowest BCUT2D eigenvalue weighted by molar-refractivity contribution is 0.965. The third-order valence-electron chi connectivity index (χ3n) is 2.88. The first-order chi connectivity index (χ1) is 9.33. The summed E-state index contributed by atoms with van der Waals surface area (Å²) >= 11 is 0. The van der Waals surface area contributed by atoms with Crippen molar-refractivity contribution in [2.24, 2.45) is 0 Å². The summed E-state index contributed by atoms with van der Waals surface area (Å²) < 4.78 is 0. The first kappa shape index (κ1) is 13.3. The number of hydrogen-bond acceptors (Lipinski definition) is 4. The van der Waals surface area contributed by atoms with E-state index in [0.29, 0.717) is 0 Å². The topological polar surface area (TPSA) is 49.8 Å². The van der Waals surface area contributed by atoms with E-state index < -0.39 is 0 Å². The number of aryl methyl sites for hydroxylation is 1. The molecular formula is C15H20N4. The van der Waals surface area contributed by atoms with E-state index in [1.165, 1.54) is 5.56 Å². The lowest BCUT2D eigenvalue weighted by Crippen LogP contribution is -2.04. The van der Waals surface area contributed by atoms with Gasteiger partial charge in [0.15, 0.2) is 0 Å². The number of anilines is 3. The van der Waals surface area contributed by atoms with Crippen molar-refractivity contribution in [3.8, 4) is 0 Å². The highest BCUT2D eigenvalue weighted by molar-refractivity contribution is 5.62. The molecule has 0 unspecified atom stereocenters. The van der Waals surface area contributed by atoms with Crippen LogP contribution < -0.4 is 10.6 Å². The monoisotopic (exact) mass is 256 g/mol. The van der Waals surface area contributed by atoms with Gasteiger partial charge < -0.3 is 10.6 Å². The van der Waals surface area contributed by atoms with Gasteiger partial charge in [0.2, 0.25) is 0 Å². The average molecular weight is 256 g/mol. The molecule has 100 valence electrons. The van der Waals surface area contributed by atoms with Gasteiger partial charge in [-0.15, -0.1) is 0 Å². The van der Waals surface area contributed by atoms with Gasteiger partial charge in [-0.25, -0.2) is 9.97 Å². The van der Waals surface area contributed by atoms with Crippen LogP contribution in [-0.4, -0.2) is 16.5 Å². The molecule has 4 nitrogen and oxygen atoms in total. The minimum Gasteiger partial charge on any atom is -0.370 e. The Labute approximate surface area is 114 Å². The zero-order valence-corrected chi connectivity index (χ0v) is 11.5. The second kappa shape index (κ2) is 6.73. The lowest BCUT2D eigenvalue weighted by Gasteiger charge is -2.11. The van der Waals surface area contributed by atoms with Crippen molar-refractivity contribution in [1.82, 2.24) is 9.97 Å². The number of benzene rings is 1. The van der Waals surface area contributed by atoms with E-state index in [4.69, 9.17) is 0 Å². The molecule has 0 saturated carbocycles. The fourth-order valence-corrected chi connectivity index (χ4v) is 1.86. The Morgan fingerprint density at radius 2 is 1.84 bits per heavy atom. The zero-order valence-electron chi connectivity index (χ0n) is 11.5. The van der Waals surface area contributed by atoms with E-state index in [1.807, 2.05) is 12.1 Å². The van der Waals surface area contributed by atoms with E-state index in [1.54, 1.807) is 6.33 Å². The summed E-state index contributed by atoms with van der Waals surface area (Å²) in [6.07, 6.45) is 3.65. The number of nitrogens with one attached hydrogen (secondary N) is 2. The van der Waals surface area contributed by atoms with Crippen LogP contribution in [0.5, 0.6) is 0 Å². The van der Waals surface area contributed by atoms with Crippen LogP contribution in [0.3, 0.4) is 0 Å². The predicted octanol–water partition coefficient (Wildman–Crippen LogP) is 3.60. The minimum absolute atomic E-state index is 0.814. The van der Waals surface area contributed by atoms with Gasteiger partial charge in [0.1, 0.15) is 18.0 Å². The number of aromatic nitrogens is 2. The standard InChI is InChI=1S/C15H20N4/c1-3-9-16-14-10-15(18-11-17-14)19-13-8-6-5-7-12(13)4-2/h5-8,10-11H,3-4,9H2,1-2H3,(H2,16,17,18,19). The van der Waals surface area contributed by atoms with Crippen LogP contribution in [0, 0.1) is 0 Å². The molecule has 0 atom stereocenters. The molecule has 0 fully saturated rings. The summed E-state index contributed by atoms with van der Waals surface area (Å²) in [6, 6.07) is 10.2. The van der Waals surface area contributed by atoms with Crippen molar-refractivity contribution in [3.05, 3.63) is 42.2 Å². The highest BCUT2D eigenvalue weighted by atomic mass is 15.1. The summed E-state index contributed by atoms with van der Waals surface area (Å²) in [5, 5.41) is 6.61. The van der Waals surface area contributed by atoms with Gasteiger partial charge in [0.05, 0.1) is 0 Å². The summed E-state index contributed by atoms with van der Waals surface area (Å²) in [6.45, 7) is 5.20. The Bertz CT molecular complexity index is 525. The van der Waals surface area contributed by atoms with Crippen LogP contribution in [-0.2, 0) is 6.42 Å². The molecule has 2 rings (SSSR count). The minimum atomic E-state index is 0.814. The molecule has 2 aromatic rings. The Balaban J connectivity index is 2.14. The van der Waals surface area contributed by atoms with E-state index in [9.17, 15) is 0 Å². The normalized spacial score (nSPS) is 10.2. The van der Waals surface area contributed by atoms with Gasteiger partial charge in [-0.1, -0.05) is 32.0 Å². The highest BCUT2D eigenvalue weighted by Gasteiger charge is 2.02. The van der Waals surface area contributed by atoms with Crippen molar-refractivity contribution >= 4 is 17.3 Å². The van der Waals surface area contributed by atoms with E-state index in [2.05, 4.69) is 52.6 Å². The molecular weight excluding hydrogens is 236 g/mol. The van der Waals surface area contributed by atoms with E-state index >= 15 is 0 Å². The summed E-state index contributed by atoms with van der Waals surface area (Å²) in [4.78, 5) is 8.45.